The fourth-order valence-corrected chi connectivity index (χ4v) is 1.37. The molecular formula is C8H16O2. The van der Waals surface area contributed by atoms with Crippen LogP contribution in [0.2, 0.25) is 0 Å². The second kappa shape index (κ2) is 3.35. The van der Waals surface area contributed by atoms with Crippen molar-refractivity contribution in [1.29, 1.82) is 0 Å². The van der Waals surface area contributed by atoms with Gasteiger partial charge in [0.25, 0.3) is 0 Å². The second-order valence-electron chi connectivity index (χ2n) is 3.15. The number of methoxy groups -OCH3 is 1. The van der Waals surface area contributed by atoms with Gasteiger partial charge in [-0.2, -0.15) is 0 Å². The van der Waals surface area contributed by atoms with Gasteiger partial charge in [0, 0.05) is 13.7 Å². The highest BCUT2D eigenvalue weighted by Gasteiger charge is 2.25. The first-order valence-electron chi connectivity index (χ1n) is 3.88. The Balaban J connectivity index is 2.38. The molecule has 60 valence electrons. The summed E-state index contributed by atoms with van der Waals surface area (Å²) in [4.78, 5) is 0. The number of hydrogen-bond acceptors (Lipinski definition) is 2. The van der Waals surface area contributed by atoms with E-state index in [1.165, 1.54) is 0 Å². The molecule has 0 aromatic carbocycles. The third kappa shape index (κ3) is 1.70. The van der Waals surface area contributed by atoms with Crippen LogP contribution in [0.4, 0.5) is 0 Å². The molecule has 2 heteroatoms. The molecule has 0 amide bonds. The molecule has 1 heterocycles. The summed E-state index contributed by atoms with van der Waals surface area (Å²) in [5.74, 6) is 0.654. The predicted octanol–water partition coefficient (Wildman–Crippen LogP) is 1.45. The van der Waals surface area contributed by atoms with Crippen molar-refractivity contribution in [2.45, 2.75) is 32.5 Å². The Morgan fingerprint density at radius 3 is 2.60 bits per heavy atom. The van der Waals surface area contributed by atoms with E-state index in [-0.39, 0.29) is 6.10 Å². The zero-order chi connectivity index (χ0) is 7.56. The molecule has 1 aliphatic rings. The van der Waals surface area contributed by atoms with Crippen LogP contribution in [0.25, 0.3) is 0 Å². The van der Waals surface area contributed by atoms with Crippen molar-refractivity contribution in [3.05, 3.63) is 0 Å². The number of ether oxygens (including phenoxy) is 2. The molecule has 3 atom stereocenters. The molecule has 2 nitrogen and oxygen atoms in total. The maximum atomic E-state index is 5.47. The maximum Gasteiger partial charge on any atom is 0.0833 e. The lowest BCUT2D eigenvalue weighted by atomic mass is 9.98. The highest BCUT2D eigenvalue weighted by molar-refractivity contribution is 4.74. The van der Waals surface area contributed by atoms with Gasteiger partial charge in [0.1, 0.15) is 0 Å². The molecule has 0 aromatic heterocycles. The monoisotopic (exact) mass is 144 g/mol. The predicted molar refractivity (Wildman–Crippen MR) is 40.0 cm³/mol. The summed E-state index contributed by atoms with van der Waals surface area (Å²) in [6.07, 6.45) is 1.72. The first-order chi connectivity index (χ1) is 4.74. The zero-order valence-corrected chi connectivity index (χ0v) is 6.96. The van der Waals surface area contributed by atoms with Gasteiger partial charge in [-0.15, -0.1) is 0 Å². The molecule has 0 spiro atoms. The standard InChI is InChI=1S/C8H16O2/c1-6-4-8(9-3)7(2)10-5-6/h6-8H,4-5H2,1-3H3/t6-,7+,8-/m1/s1. The van der Waals surface area contributed by atoms with Crippen molar-refractivity contribution in [2.24, 2.45) is 5.92 Å². The van der Waals surface area contributed by atoms with E-state index in [0.29, 0.717) is 12.0 Å². The zero-order valence-electron chi connectivity index (χ0n) is 6.96. The van der Waals surface area contributed by atoms with E-state index in [1.54, 1.807) is 7.11 Å². The molecule has 0 unspecified atom stereocenters. The van der Waals surface area contributed by atoms with Crippen molar-refractivity contribution < 1.29 is 9.47 Å². The van der Waals surface area contributed by atoms with E-state index >= 15 is 0 Å². The Morgan fingerprint density at radius 1 is 1.40 bits per heavy atom. The van der Waals surface area contributed by atoms with E-state index in [0.717, 1.165) is 13.0 Å². The summed E-state index contributed by atoms with van der Waals surface area (Å²) in [5.41, 5.74) is 0. The topological polar surface area (TPSA) is 18.5 Å². The summed E-state index contributed by atoms with van der Waals surface area (Å²) in [6.45, 7) is 5.15. The lowest BCUT2D eigenvalue weighted by Crippen LogP contribution is -2.36. The summed E-state index contributed by atoms with van der Waals surface area (Å²) < 4.78 is 10.7. The van der Waals surface area contributed by atoms with Crippen LogP contribution in [0.5, 0.6) is 0 Å². The highest BCUT2D eigenvalue weighted by Crippen LogP contribution is 2.20. The van der Waals surface area contributed by atoms with Crippen LogP contribution < -0.4 is 0 Å². The summed E-state index contributed by atoms with van der Waals surface area (Å²) in [7, 11) is 1.75. The SMILES string of the molecule is CO[C@@H]1C[C@@H](C)CO[C@H]1C. The van der Waals surface area contributed by atoms with Crippen LogP contribution in [-0.4, -0.2) is 25.9 Å². The normalized spacial score (nSPS) is 41.7. The van der Waals surface area contributed by atoms with Crippen LogP contribution in [-0.2, 0) is 9.47 Å². The maximum absolute atomic E-state index is 5.47. The molecule has 1 aliphatic heterocycles. The van der Waals surface area contributed by atoms with Crippen molar-refractivity contribution in [3.8, 4) is 0 Å². The molecule has 0 saturated carbocycles. The molecule has 1 fully saturated rings. The second-order valence-corrected chi connectivity index (χ2v) is 3.15. The Hall–Kier alpha value is -0.0800. The van der Waals surface area contributed by atoms with Gasteiger partial charge in [-0.05, 0) is 19.3 Å². The quantitative estimate of drug-likeness (QED) is 0.554. The van der Waals surface area contributed by atoms with Crippen LogP contribution in [0.3, 0.4) is 0 Å². The molecule has 1 rings (SSSR count). The van der Waals surface area contributed by atoms with Crippen molar-refractivity contribution in [2.75, 3.05) is 13.7 Å². The van der Waals surface area contributed by atoms with Gasteiger partial charge in [0.15, 0.2) is 0 Å². The molecule has 1 saturated heterocycles. The third-order valence-electron chi connectivity index (χ3n) is 2.10. The van der Waals surface area contributed by atoms with Crippen molar-refractivity contribution in [3.63, 3.8) is 0 Å². The molecule has 10 heavy (non-hydrogen) atoms. The van der Waals surface area contributed by atoms with Gasteiger partial charge in [0.2, 0.25) is 0 Å². The van der Waals surface area contributed by atoms with Gasteiger partial charge in [0.05, 0.1) is 12.2 Å². The minimum absolute atomic E-state index is 0.279. The smallest absolute Gasteiger partial charge is 0.0833 e. The van der Waals surface area contributed by atoms with Gasteiger partial charge in [-0.3, -0.25) is 0 Å². The molecule has 0 aliphatic carbocycles. The largest absolute Gasteiger partial charge is 0.379 e. The van der Waals surface area contributed by atoms with E-state index in [4.69, 9.17) is 9.47 Å². The van der Waals surface area contributed by atoms with Crippen LogP contribution in [0.15, 0.2) is 0 Å². The molecule has 0 N–H and O–H groups in total. The lowest BCUT2D eigenvalue weighted by Gasteiger charge is -2.31. The van der Waals surface area contributed by atoms with Crippen molar-refractivity contribution in [1.82, 2.24) is 0 Å². The average molecular weight is 144 g/mol. The van der Waals surface area contributed by atoms with Gasteiger partial charge < -0.3 is 9.47 Å². The van der Waals surface area contributed by atoms with Gasteiger partial charge in [-0.25, -0.2) is 0 Å². The summed E-state index contributed by atoms with van der Waals surface area (Å²) in [6, 6.07) is 0. The Labute approximate surface area is 62.5 Å². The minimum atomic E-state index is 0.279. The van der Waals surface area contributed by atoms with Crippen LogP contribution in [0.1, 0.15) is 20.3 Å². The molecular weight excluding hydrogens is 128 g/mol. The summed E-state index contributed by atoms with van der Waals surface area (Å²) >= 11 is 0. The van der Waals surface area contributed by atoms with Crippen molar-refractivity contribution >= 4 is 0 Å². The first kappa shape index (κ1) is 8.02. The van der Waals surface area contributed by atoms with Crippen LogP contribution >= 0.6 is 0 Å². The van der Waals surface area contributed by atoms with E-state index < -0.39 is 0 Å². The highest BCUT2D eigenvalue weighted by atomic mass is 16.5. The Morgan fingerprint density at radius 2 is 2.10 bits per heavy atom. The Bertz CT molecular complexity index is 103. The fourth-order valence-electron chi connectivity index (χ4n) is 1.37. The van der Waals surface area contributed by atoms with E-state index in [1.807, 2.05) is 0 Å². The van der Waals surface area contributed by atoms with Crippen LogP contribution in [0, 0.1) is 5.92 Å². The number of hydrogen-bond donors (Lipinski definition) is 0. The van der Waals surface area contributed by atoms with E-state index in [9.17, 15) is 0 Å². The third-order valence-corrected chi connectivity index (χ3v) is 2.10. The molecule has 0 radical (unpaired) electrons. The lowest BCUT2D eigenvalue weighted by molar-refractivity contribution is -0.101. The fraction of sp³-hybridized carbons (Fsp3) is 1.00. The minimum Gasteiger partial charge on any atom is -0.379 e. The molecule has 0 aromatic rings. The Kier molecular flexibility index (Phi) is 2.69. The first-order valence-corrected chi connectivity index (χ1v) is 3.88. The summed E-state index contributed by atoms with van der Waals surface area (Å²) in [5, 5.41) is 0. The van der Waals surface area contributed by atoms with Gasteiger partial charge in [-0.1, -0.05) is 6.92 Å². The van der Waals surface area contributed by atoms with Gasteiger partial charge >= 0.3 is 0 Å². The average Bonchev–Trinajstić information content (AvgIpc) is 1.94. The number of rotatable bonds is 1. The van der Waals surface area contributed by atoms with E-state index in [2.05, 4.69) is 13.8 Å². The molecule has 0 bridgehead atoms.